The van der Waals surface area contributed by atoms with Crippen molar-refractivity contribution in [3.05, 3.63) is 0 Å². The molecule has 44 valence electrons. The van der Waals surface area contributed by atoms with Crippen LogP contribution in [0.1, 0.15) is 25.7 Å². The van der Waals surface area contributed by atoms with Gasteiger partial charge in [0.15, 0.2) is 0 Å². The third kappa shape index (κ3) is 1.41. The number of hydrogen-bond donors (Lipinski definition) is 0. The van der Waals surface area contributed by atoms with Gasteiger partial charge in [0.25, 0.3) is 0 Å². The first-order valence-electron chi connectivity index (χ1n) is 2.98. The summed E-state index contributed by atoms with van der Waals surface area (Å²) in [4.78, 5) is 0. The first-order valence-corrected chi connectivity index (χ1v) is 3.86. The second-order valence-electron chi connectivity index (χ2n) is 2.12. The Morgan fingerprint density at radius 2 is 2.00 bits per heavy atom. The smallest absolute Gasteiger partial charge is 0.133 e. The van der Waals surface area contributed by atoms with Gasteiger partial charge in [-0.05, 0) is 24.6 Å². The molecule has 0 atom stereocenters. The minimum absolute atomic E-state index is 0.667. The van der Waals surface area contributed by atoms with Gasteiger partial charge in [0.1, 0.15) is 5.40 Å². The van der Waals surface area contributed by atoms with Gasteiger partial charge in [0.05, 0.1) is 0 Å². The Bertz CT molecular complexity index is 99.6. The van der Waals surface area contributed by atoms with E-state index in [0.717, 1.165) is 0 Å². The van der Waals surface area contributed by atoms with E-state index in [1.165, 1.54) is 37.4 Å². The Labute approximate surface area is 54.1 Å². The van der Waals surface area contributed by atoms with Gasteiger partial charge in [-0.25, -0.2) is 0 Å². The highest BCUT2D eigenvalue weighted by Crippen LogP contribution is 2.28. The lowest BCUT2D eigenvalue weighted by molar-refractivity contribution is 0.886. The van der Waals surface area contributed by atoms with Gasteiger partial charge in [0, 0.05) is 5.25 Å². The fraction of sp³-hybridized carbons (Fsp3) is 0.833. The molecule has 0 unspecified atom stereocenters. The van der Waals surface area contributed by atoms with Crippen molar-refractivity contribution in [3.8, 4) is 5.40 Å². The van der Waals surface area contributed by atoms with Crippen LogP contribution in [0.4, 0.5) is 0 Å². The average molecular weight is 127 g/mol. The average Bonchev–Trinajstić information content (AvgIpc) is 2.19. The number of thioether (sulfide) groups is 1. The van der Waals surface area contributed by atoms with Crippen molar-refractivity contribution >= 4 is 11.8 Å². The molecule has 1 rings (SSSR count). The van der Waals surface area contributed by atoms with E-state index >= 15 is 0 Å². The third-order valence-corrected chi connectivity index (χ3v) is 2.43. The molecule has 0 spiro atoms. The number of rotatable bonds is 1. The van der Waals surface area contributed by atoms with E-state index in [9.17, 15) is 0 Å². The van der Waals surface area contributed by atoms with Crippen molar-refractivity contribution in [2.45, 2.75) is 30.9 Å². The number of hydrogen-bond acceptors (Lipinski definition) is 2. The summed E-state index contributed by atoms with van der Waals surface area (Å²) in [6.45, 7) is 0. The zero-order chi connectivity index (χ0) is 5.82. The molecule has 1 aliphatic carbocycles. The van der Waals surface area contributed by atoms with E-state index in [-0.39, 0.29) is 0 Å². The van der Waals surface area contributed by atoms with E-state index in [1.54, 1.807) is 0 Å². The van der Waals surface area contributed by atoms with Crippen molar-refractivity contribution in [3.63, 3.8) is 0 Å². The molecule has 0 heterocycles. The largest absolute Gasteiger partial charge is 0.185 e. The highest BCUT2D eigenvalue weighted by atomic mass is 32.2. The van der Waals surface area contributed by atoms with Crippen LogP contribution in [0, 0.1) is 10.7 Å². The van der Waals surface area contributed by atoms with Crippen LogP contribution < -0.4 is 0 Å². The molecule has 2 heteroatoms. The van der Waals surface area contributed by atoms with Crippen molar-refractivity contribution in [1.29, 1.82) is 5.26 Å². The summed E-state index contributed by atoms with van der Waals surface area (Å²) < 4.78 is 0. The van der Waals surface area contributed by atoms with Crippen LogP contribution >= 0.6 is 11.8 Å². The molecule has 1 fully saturated rings. The summed E-state index contributed by atoms with van der Waals surface area (Å²) in [6, 6.07) is 0. The van der Waals surface area contributed by atoms with Crippen LogP contribution in [-0.4, -0.2) is 5.25 Å². The van der Waals surface area contributed by atoms with Crippen LogP contribution in [0.15, 0.2) is 0 Å². The molecule has 0 amide bonds. The van der Waals surface area contributed by atoms with E-state index in [1.807, 2.05) is 0 Å². The van der Waals surface area contributed by atoms with Gasteiger partial charge < -0.3 is 0 Å². The topological polar surface area (TPSA) is 23.8 Å². The van der Waals surface area contributed by atoms with E-state index in [4.69, 9.17) is 5.26 Å². The normalized spacial score (nSPS) is 20.9. The molecular weight excluding hydrogens is 118 g/mol. The van der Waals surface area contributed by atoms with Crippen LogP contribution in [-0.2, 0) is 0 Å². The molecule has 0 radical (unpaired) electrons. The highest BCUT2D eigenvalue weighted by Gasteiger charge is 2.14. The lowest BCUT2D eigenvalue weighted by Crippen LogP contribution is -1.89. The van der Waals surface area contributed by atoms with Crippen molar-refractivity contribution in [2.24, 2.45) is 0 Å². The van der Waals surface area contributed by atoms with Crippen molar-refractivity contribution in [1.82, 2.24) is 0 Å². The van der Waals surface area contributed by atoms with Gasteiger partial charge in [0.2, 0.25) is 0 Å². The van der Waals surface area contributed by atoms with E-state index < -0.39 is 0 Å². The fourth-order valence-corrected chi connectivity index (χ4v) is 1.80. The van der Waals surface area contributed by atoms with Crippen LogP contribution in [0.3, 0.4) is 0 Å². The van der Waals surface area contributed by atoms with Gasteiger partial charge in [-0.15, -0.1) is 0 Å². The Morgan fingerprint density at radius 3 is 2.50 bits per heavy atom. The highest BCUT2D eigenvalue weighted by molar-refractivity contribution is 8.04. The standard InChI is InChI=1S/C6H9NS/c7-5-8-6-3-1-2-4-6/h6H,1-4H2. The van der Waals surface area contributed by atoms with E-state index in [2.05, 4.69) is 5.40 Å². The lowest BCUT2D eigenvalue weighted by atomic mass is 10.4. The second-order valence-corrected chi connectivity index (χ2v) is 3.20. The summed E-state index contributed by atoms with van der Waals surface area (Å²) in [5.41, 5.74) is 0. The minimum atomic E-state index is 0.667. The maximum Gasteiger partial charge on any atom is 0.133 e. The van der Waals surface area contributed by atoms with Crippen LogP contribution in [0.5, 0.6) is 0 Å². The zero-order valence-electron chi connectivity index (χ0n) is 4.76. The number of nitrogens with zero attached hydrogens (tertiary/aromatic N) is 1. The fourth-order valence-electron chi connectivity index (χ4n) is 1.08. The summed E-state index contributed by atoms with van der Waals surface area (Å²) >= 11 is 1.44. The lowest BCUT2D eigenvalue weighted by Gasteiger charge is -1.96. The molecule has 0 aromatic heterocycles. The van der Waals surface area contributed by atoms with Gasteiger partial charge in [-0.1, -0.05) is 12.8 Å². The summed E-state index contributed by atoms with van der Waals surface area (Å²) in [5, 5.41) is 11.0. The molecular formula is C6H9NS. The van der Waals surface area contributed by atoms with E-state index in [0.29, 0.717) is 5.25 Å². The second kappa shape index (κ2) is 2.99. The minimum Gasteiger partial charge on any atom is -0.185 e. The molecule has 0 aliphatic heterocycles. The Kier molecular flexibility index (Phi) is 2.23. The summed E-state index contributed by atoms with van der Waals surface area (Å²) in [5.74, 6) is 0. The third-order valence-electron chi connectivity index (χ3n) is 1.52. The van der Waals surface area contributed by atoms with Crippen LogP contribution in [0.25, 0.3) is 0 Å². The first-order chi connectivity index (χ1) is 3.93. The molecule has 0 aromatic carbocycles. The predicted molar refractivity (Wildman–Crippen MR) is 35.5 cm³/mol. The van der Waals surface area contributed by atoms with Crippen molar-refractivity contribution < 1.29 is 0 Å². The first kappa shape index (κ1) is 5.97. The number of thiocyanates is 1. The molecule has 0 bridgehead atoms. The van der Waals surface area contributed by atoms with Gasteiger partial charge in [-0.2, -0.15) is 5.26 Å². The Balaban J connectivity index is 2.17. The SMILES string of the molecule is N#CSC1CCCC1. The van der Waals surface area contributed by atoms with Gasteiger partial charge in [-0.3, -0.25) is 0 Å². The molecule has 0 saturated heterocycles. The maximum atomic E-state index is 8.24. The summed E-state index contributed by atoms with van der Waals surface area (Å²) in [6.07, 6.45) is 5.19. The molecule has 8 heavy (non-hydrogen) atoms. The molecule has 0 aromatic rings. The van der Waals surface area contributed by atoms with Crippen LogP contribution in [0.2, 0.25) is 0 Å². The molecule has 0 N–H and O–H groups in total. The monoisotopic (exact) mass is 127 g/mol. The summed E-state index contributed by atoms with van der Waals surface area (Å²) in [7, 11) is 0. The van der Waals surface area contributed by atoms with Gasteiger partial charge >= 0.3 is 0 Å². The van der Waals surface area contributed by atoms with Crippen molar-refractivity contribution in [2.75, 3.05) is 0 Å². The number of nitriles is 1. The quantitative estimate of drug-likeness (QED) is 0.504. The predicted octanol–water partition coefficient (Wildman–Crippen LogP) is 2.14. The molecule has 1 saturated carbocycles. The Hall–Kier alpha value is -0.160. The molecule has 1 aliphatic rings. The maximum absolute atomic E-state index is 8.24. The Morgan fingerprint density at radius 1 is 1.38 bits per heavy atom. The zero-order valence-corrected chi connectivity index (χ0v) is 5.58. The molecule has 1 nitrogen and oxygen atoms in total.